The molecule has 0 bridgehead atoms. The van der Waals surface area contributed by atoms with Gasteiger partial charge in [-0.1, -0.05) is 28.1 Å². The van der Waals surface area contributed by atoms with Gasteiger partial charge in [0.2, 0.25) is 5.78 Å². The topological polar surface area (TPSA) is 79.2 Å². The molecule has 2 aromatic heterocycles. The Bertz CT molecular complexity index is 1250. The molecule has 8 heteroatoms. The van der Waals surface area contributed by atoms with Crippen LogP contribution < -0.4 is 5.56 Å². The molecule has 0 aliphatic heterocycles. The maximum atomic E-state index is 13.4. The molecule has 4 rings (SSSR count). The highest BCUT2D eigenvalue weighted by Crippen LogP contribution is 2.24. The summed E-state index contributed by atoms with van der Waals surface area (Å²) in [5, 5.41) is 17.8. The lowest BCUT2D eigenvalue weighted by atomic mass is 10.1. The maximum absolute atomic E-state index is 13.4. The summed E-state index contributed by atoms with van der Waals surface area (Å²) in [6, 6.07) is 14.9. The number of nitrogens with zero attached hydrogens (tertiary/aromatic N) is 6. The van der Waals surface area contributed by atoms with Gasteiger partial charge in [0.1, 0.15) is 12.5 Å². The van der Waals surface area contributed by atoms with Crippen LogP contribution in [-0.4, -0.2) is 38.2 Å². The van der Waals surface area contributed by atoms with E-state index in [4.69, 9.17) is 5.26 Å². The Hall–Kier alpha value is -3.02. The van der Waals surface area contributed by atoms with Gasteiger partial charge in [-0.15, -0.1) is 10.2 Å². The third-order valence-corrected chi connectivity index (χ3v) is 4.98. The van der Waals surface area contributed by atoms with Crippen molar-refractivity contribution in [2.75, 3.05) is 14.1 Å². The summed E-state index contributed by atoms with van der Waals surface area (Å²) in [7, 11) is 3.79. The van der Waals surface area contributed by atoms with E-state index in [1.165, 1.54) is 0 Å². The minimum atomic E-state index is -0.402. The van der Waals surface area contributed by atoms with E-state index in [1.807, 2.05) is 47.7 Å². The van der Waals surface area contributed by atoms with Gasteiger partial charge >= 0.3 is 0 Å². The van der Waals surface area contributed by atoms with Crippen LogP contribution in [-0.2, 0) is 0 Å². The largest absolute Gasteiger partial charge is 0.285 e. The highest BCUT2D eigenvalue weighted by atomic mass is 79.9. The number of aromatic nitrogens is 4. The third kappa shape index (κ3) is 2.81. The van der Waals surface area contributed by atoms with Gasteiger partial charge < -0.3 is 0 Å². The first-order valence-electron chi connectivity index (χ1n) is 8.21. The van der Waals surface area contributed by atoms with Crippen LogP contribution in [0.2, 0.25) is 0 Å². The fourth-order valence-electron chi connectivity index (χ4n) is 3.30. The lowest BCUT2D eigenvalue weighted by Gasteiger charge is -2.27. The Labute approximate surface area is 163 Å². The zero-order valence-corrected chi connectivity index (χ0v) is 16.3. The lowest BCUT2D eigenvalue weighted by molar-refractivity contribution is 0.260. The number of halogens is 1. The van der Waals surface area contributed by atoms with Crippen LogP contribution >= 0.6 is 15.9 Å². The smallest absolute Gasteiger partial charge is 0.264 e. The van der Waals surface area contributed by atoms with Crippen molar-refractivity contribution in [3.05, 3.63) is 74.7 Å². The highest BCUT2D eigenvalue weighted by Gasteiger charge is 2.23. The SMILES string of the molecule is CN(C)C(c1ccc(C#N)cc1)n1c(=O)c2cc(Br)ccc2n2cnnc12. The van der Waals surface area contributed by atoms with Gasteiger partial charge in [0.05, 0.1) is 22.5 Å². The van der Waals surface area contributed by atoms with Crippen molar-refractivity contribution in [1.29, 1.82) is 5.26 Å². The summed E-state index contributed by atoms with van der Waals surface area (Å²) in [6.45, 7) is 0. The summed E-state index contributed by atoms with van der Waals surface area (Å²) in [5.74, 6) is 0.456. The summed E-state index contributed by atoms with van der Waals surface area (Å²) >= 11 is 3.44. The fraction of sp³-hybridized carbons (Fsp3) is 0.158. The molecule has 27 heavy (non-hydrogen) atoms. The molecule has 0 radical (unpaired) electrons. The van der Waals surface area contributed by atoms with Gasteiger partial charge in [-0.2, -0.15) is 5.26 Å². The van der Waals surface area contributed by atoms with Crippen LogP contribution in [0.25, 0.3) is 16.7 Å². The molecule has 1 atom stereocenters. The van der Waals surface area contributed by atoms with Crippen LogP contribution in [0.3, 0.4) is 0 Å². The van der Waals surface area contributed by atoms with Crippen molar-refractivity contribution in [3.63, 3.8) is 0 Å². The number of nitriles is 1. The van der Waals surface area contributed by atoms with Crippen molar-refractivity contribution >= 4 is 32.6 Å². The average molecular weight is 423 g/mol. The first-order chi connectivity index (χ1) is 13.0. The van der Waals surface area contributed by atoms with E-state index in [0.717, 1.165) is 15.6 Å². The van der Waals surface area contributed by atoms with Crippen molar-refractivity contribution in [2.45, 2.75) is 6.17 Å². The second-order valence-electron chi connectivity index (χ2n) is 6.41. The van der Waals surface area contributed by atoms with Gasteiger partial charge in [-0.25, -0.2) is 0 Å². The van der Waals surface area contributed by atoms with Crippen LogP contribution in [0.5, 0.6) is 0 Å². The molecular formula is C19H15BrN6O. The standard InChI is InChI=1S/C19H15BrN6O/c1-24(2)17(13-5-3-12(10-21)4-6-13)26-18(27)15-9-14(20)7-8-16(15)25-11-22-23-19(25)26/h3-9,11,17H,1-2H3. The molecule has 1 unspecified atom stereocenters. The molecule has 0 spiro atoms. The van der Waals surface area contributed by atoms with E-state index in [2.05, 4.69) is 32.2 Å². The van der Waals surface area contributed by atoms with Gasteiger partial charge in [0.15, 0.2) is 0 Å². The molecule has 0 aliphatic rings. The van der Waals surface area contributed by atoms with Crippen LogP contribution in [0.1, 0.15) is 17.3 Å². The summed E-state index contributed by atoms with van der Waals surface area (Å²) in [5.41, 5.74) is 2.03. The number of hydrogen-bond donors (Lipinski definition) is 0. The summed E-state index contributed by atoms with van der Waals surface area (Å²) in [4.78, 5) is 15.3. The molecular weight excluding hydrogens is 408 g/mol. The van der Waals surface area contributed by atoms with Crippen LogP contribution in [0.15, 0.2) is 58.1 Å². The van der Waals surface area contributed by atoms with Gasteiger partial charge in [0, 0.05) is 4.47 Å². The molecule has 4 aromatic rings. The van der Waals surface area contributed by atoms with Crippen LogP contribution in [0.4, 0.5) is 0 Å². The van der Waals surface area contributed by atoms with E-state index >= 15 is 0 Å². The predicted molar refractivity (Wildman–Crippen MR) is 105 cm³/mol. The molecule has 2 aromatic carbocycles. The van der Waals surface area contributed by atoms with Crippen molar-refractivity contribution in [1.82, 2.24) is 24.1 Å². The fourth-order valence-corrected chi connectivity index (χ4v) is 3.66. The predicted octanol–water partition coefficient (Wildman–Crippen LogP) is 2.79. The second kappa shape index (κ2) is 6.61. The third-order valence-electron chi connectivity index (χ3n) is 4.48. The van der Waals surface area contributed by atoms with E-state index in [1.54, 1.807) is 29.1 Å². The van der Waals surface area contributed by atoms with Crippen molar-refractivity contribution < 1.29 is 0 Å². The second-order valence-corrected chi connectivity index (χ2v) is 7.32. The molecule has 0 saturated carbocycles. The Kier molecular flexibility index (Phi) is 4.26. The molecule has 7 nitrogen and oxygen atoms in total. The van der Waals surface area contributed by atoms with Crippen molar-refractivity contribution in [2.24, 2.45) is 0 Å². The van der Waals surface area contributed by atoms with Gasteiger partial charge in [-0.05, 0) is 50.0 Å². The maximum Gasteiger partial charge on any atom is 0.264 e. The van der Waals surface area contributed by atoms with E-state index in [-0.39, 0.29) is 5.56 Å². The van der Waals surface area contributed by atoms with Gasteiger partial charge in [-0.3, -0.25) is 18.7 Å². The Morgan fingerprint density at radius 3 is 2.59 bits per heavy atom. The molecule has 134 valence electrons. The lowest BCUT2D eigenvalue weighted by Crippen LogP contribution is -2.36. The minimum Gasteiger partial charge on any atom is -0.285 e. The van der Waals surface area contributed by atoms with Gasteiger partial charge in [0.25, 0.3) is 5.56 Å². The first kappa shape index (κ1) is 17.4. The quantitative estimate of drug-likeness (QED) is 0.507. The minimum absolute atomic E-state index is 0.158. The number of fused-ring (bicyclic) bond motifs is 3. The highest BCUT2D eigenvalue weighted by molar-refractivity contribution is 9.10. The van der Waals surface area contributed by atoms with Crippen LogP contribution in [0, 0.1) is 11.3 Å². The first-order valence-corrected chi connectivity index (χ1v) is 9.00. The number of benzene rings is 2. The Balaban J connectivity index is 2.07. The molecule has 2 heterocycles. The number of rotatable bonds is 3. The normalized spacial score (nSPS) is 12.6. The van der Waals surface area contributed by atoms with E-state index in [9.17, 15) is 4.79 Å². The monoisotopic (exact) mass is 422 g/mol. The van der Waals surface area contributed by atoms with E-state index in [0.29, 0.717) is 16.7 Å². The molecule has 0 aliphatic carbocycles. The summed E-state index contributed by atoms with van der Waals surface area (Å²) in [6.07, 6.45) is 1.20. The molecule has 0 fully saturated rings. The van der Waals surface area contributed by atoms with E-state index < -0.39 is 6.17 Å². The zero-order chi connectivity index (χ0) is 19.1. The molecule has 0 N–H and O–H groups in total. The molecule has 0 amide bonds. The Morgan fingerprint density at radius 2 is 1.93 bits per heavy atom. The number of hydrogen-bond acceptors (Lipinski definition) is 5. The van der Waals surface area contributed by atoms with Crippen molar-refractivity contribution in [3.8, 4) is 6.07 Å². The summed E-state index contributed by atoms with van der Waals surface area (Å²) < 4.78 is 4.26. The average Bonchev–Trinajstić information content (AvgIpc) is 3.14. The zero-order valence-electron chi connectivity index (χ0n) is 14.7. The Morgan fingerprint density at radius 1 is 1.19 bits per heavy atom. The molecule has 0 saturated heterocycles.